The Morgan fingerprint density at radius 1 is 1.12 bits per heavy atom. The molecule has 0 bridgehead atoms. The highest BCUT2D eigenvalue weighted by atomic mass is 32.2. The second kappa shape index (κ2) is 8.14. The molecule has 1 aromatic heterocycles. The molecule has 134 valence electrons. The molecule has 0 unspecified atom stereocenters. The average Bonchev–Trinajstić information content (AvgIpc) is 3.06. The smallest absolute Gasteiger partial charge is 0.277 e. The number of nitrogens with one attached hydrogen (secondary N) is 1. The largest absolute Gasteiger partial charge is 0.416 e. The number of benzene rings is 2. The summed E-state index contributed by atoms with van der Waals surface area (Å²) in [6.07, 6.45) is 0.552. The van der Waals surface area contributed by atoms with Gasteiger partial charge >= 0.3 is 0 Å². The maximum absolute atomic E-state index is 12.8. The Morgan fingerprint density at radius 2 is 1.88 bits per heavy atom. The number of anilines is 1. The first-order valence-electron chi connectivity index (χ1n) is 8.06. The number of thioether (sulfide) groups is 1. The minimum absolute atomic E-state index is 0.128. The van der Waals surface area contributed by atoms with Gasteiger partial charge in [-0.15, -0.1) is 10.2 Å². The number of aryl methyl sites for hydroxylation is 2. The minimum atomic E-state index is -0.348. The monoisotopic (exact) mass is 371 g/mol. The predicted octanol–water partition coefficient (Wildman–Crippen LogP) is 4.15. The van der Waals surface area contributed by atoms with E-state index in [-0.39, 0.29) is 17.5 Å². The number of hydrogen-bond donors (Lipinski definition) is 1. The molecule has 0 radical (unpaired) electrons. The van der Waals surface area contributed by atoms with E-state index >= 15 is 0 Å². The Labute approximate surface area is 155 Å². The number of aromatic nitrogens is 2. The SMILES string of the molecule is Cc1ccc(Cc2nnc(SCC(=O)Nc3ccc(F)cc3)o2)cc1C. The van der Waals surface area contributed by atoms with Crippen molar-refractivity contribution in [2.45, 2.75) is 25.5 Å². The predicted molar refractivity (Wildman–Crippen MR) is 98.8 cm³/mol. The molecule has 0 saturated carbocycles. The lowest BCUT2D eigenvalue weighted by Gasteiger charge is -2.03. The van der Waals surface area contributed by atoms with Crippen LogP contribution in [0.3, 0.4) is 0 Å². The Morgan fingerprint density at radius 3 is 2.62 bits per heavy atom. The Hall–Kier alpha value is -2.67. The Kier molecular flexibility index (Phi) is 5.68. The van der Waals surface area contributed by atoms with Crippen LogP contribution in [-0.4, -0.2) is 21.9 Å². The van der Waals surface area contributed by atoms with Gasteiger partial charge in [0.2, 0.25) is 11.8 Å². The number of amides is 1. The first kappa shape index (κ1) is 18.1. The van der Waals surface area contributed by atoms with E-state index in [1.165, 1.54) is 35.4 Å². The summed E-state index contributed by atoms with van der Waals surface area (Å²) in [5, 5.41) is 11.0. The van der Waals surface area contributed by atoms with Gasteiger partial charge in [0.25, 0.3) is 5.22 Å². The zero-order valence-electron chi connectivity index (χ0n) is 14.5. The summed E-state index contributed by atoms with van der Waals surface area (Å²) in [4.78, 5) is 11.9. The van der Waals surface area contributed by atoms with E-state index in [4.69, 9.17) is 4.42 Å². The van der Waals surface area contributed by atoms with Crippen molar-refractivity contribution in [3.05, 3.63) is 70.9 Å². The Balaban J connectivity index is 1.52. The van der Waals surface area contributed by atoms with Crippen LogP contribution >= 0.6 is 11.8 Å². The molecule has 0 saturated heterocycles. The topological polar surface area (TPSA) is 68.0 Å². The van der Waals surface area contributed by atoms with E-state index < -0.39 is 0 Å². The van der Waals surface area contributed by atoms with Gasteiger partial charge in [-0.25, -0.2) is 4.39 Å². The first-order chi connectivity index (χ1) is 12.5. The van der Waals surface area contributed by atoms with Crippen LogP contribution in [0.15, 0.2) is 52.1 Å². The summed E-state index contributed by atoms with van der Waals surface area (Å²) in [6, 6.07) is 11.8. The van der Waals surface area contributed by atoms with Crippen molar-refractivity contribution >= 4 is 23.4 Å². The molecule has 1 heterocycles. The van der Waals surface area contributed by atoms with E-state index in [1.54, 1.807) is 0 Å². The van der Waals surface area contributed by atoms with Crippen LogP contribution in [0.1, 0.15) is 22.6 Å². The standard InChI is InChI=1S/C19H18FN3O2S/c1-12-3-4-14(9-13(12)2)10-18-22-23-19(25-18)26-11-17(24)21-16-7-5-15(20)6-8-16/h3-9H,10-11H2,1-2H3,(H,21,24). The van der Waals surface area contributed by atoms with Gasteiger partial charge in [-0.05, 0) is 54.8 Å². The molecule has 5 nitrogen and oxygen atoms in total. The van der Waals surface area contributed by atoms with E-state index in [9.17, 15) is 9.18 Å². The molecule has 0 spiro atoms. The average molecular weight is 371 g/mol. The van der Waals surface area contributed by atoms with Gasteiger partial charge in [0.1, 0.15) is 5.82 Å². The van der Waals surface area contributed by atoms with Crippen LogP contribution in [0, 0.1) is 19.7 Å². The second-order valence-corrected chi connectivity index (χ2v) is 6.83. The lowest BCUT2D eigenvalue weighted by atomic mass is 10.0. The lowest BCUT2D eigenvalue weighted by Crippen LogP contribution is -2.13. The van der Waals surface area contributed by atoms with Crippen LogP contribution in [0.25, 0.3) is 0 Å². The van der Waals surface area contributed by atoms with E-state index in [0.717, 1.165) is 17.3 Å². The normalized spacial score (nSPS) is 10.7. The maximum Gasteiger partial charge on any atom is 0.277 e. The van der Waals surface area contributed by atoms with Crippen molar-refractivity contribution in [3.8, 4) is 0 Å². The second-order valence-electron chi connectivity index (χ2n) is 5.90. The van der Waals surface area contributed by atoms with Crippen LogP contribution < -0.4 is 5.32 Å². The molecule has 1 N–H and O–H groups in total. The fraction of sp³-hybridized carbons (Fsp3) is 0.211. The minimum Gasteiger partial charge on any atom is -0.416 e. The molecule has 0 aliphatic heterocycles. The molecule has 0 aliphatic rings. The molecule has 3 rings (SSSR count). The molecule has 0 atom stereocenters. The third-order valence-corrected chi connectivity index (χ3v) is 4.65. The third kappa shape index (κ3) is 4.92. The number of carbonyl (C=O) groups excluding carboxylic acids is 1. The quantitative estimate of drug-likeness (QED) is 0.660. The number of rotatable bonds is 6. The van der Waals surface area contributed by atoms with Crippen molar-refractivity contribution in [1.29, 1.82) is 0 Å². The molecular weight excluding hydrogens is 353 g/mol. The summed E-state index contributed by atoms with van der Waals surface area (Å²) in [7, 11) is 0. The van der Waals surface area contributed by atoms with Gasteiger partial charge < -0.3 is 9.73 Å². The van der Waals surface area contributed by atoms with Gasteiger partial charge in [-0.2, -0.15) is 0 Å². The highest BCUT2D eigenvalue weighted by Crippen LogP contribution is 2.19. The summed E-state index contributed by atoms with van der Waals surface area (Å²) in [5.74, 6) is 0.0626. The van der Waals surface area contributed by atoms with Crippen LogP contribution in [0.5, 0.6) is 0 Å². The summed E-state index contributed by atoms with van der Waals surface area (Å²) < 4.78 is 18.4. The molecule has 0 aliphatic carbocycles. The number of hydrogen-bond acceptors (Lipinski definition) is 5. The molecule has 2 aromatic carbocycles. The zero-order valence-corrected chi connectivity index (χ0v) is 15.3. The van der Waals surface area contributed by atoms with Gasteiger partial charge in [0, 0.05) is 5.69 Å². The fourth-order valence-corrected chi connectivity index (χ4v) is 2.89. The van der Waals surface area contributed by atoms with Gasteiger partial charge in [0.15, 0.2) is 0 Å². The van der Waals surface area contributed by atoms with Crippen molar-refractivity contribution in [2.24, 2.45) is 0 Å². The van der Waals surface area contributed by atoms with Gasteiger partial charge in [-0.1, -0.05) is 30.0 Å². The van der Waals surface area contributed by atoms with Gasteiger partial charge in [0.05, 0.1) is 12.2 Å². The third-order valence-electron chi connectivity index (χ3n) is 3.83. The van der Waals surface area contributed by atoms with Crippen molar-refractivity contribution in [1.82, 2.24) is 10.2 Å². The zero-order chi connectivity index (χ0) is 18.5. The van der Waals surface area contributed by atoms with E-state index in [0.29, 0.717) is 23.2 Å². The highest BCUT2D eigenvalue weighted by Gasteiger charge is 2.11. The summed E-state index contributed by atoms with van der Waals surface area (Å²) in [5.41, 5.74) is 4.09. The highest BCUT2D eigenvalue weighted by molar-refractivity contribution is 7.99. The molecule has 7 heteroatoms. The molecule has 1 amide bonds. The first-order valence-corrected chi connectivity index (χ1v) is 9.05. The van der Waals surface area contributed by atoms with Crippen LogP contribution in [0.2, 0.25) is 0 Å². The van der Waals surface area contributed by atoms with Crippen LogP contribution in [-0.2, 0) is 11.2 Å². The summed E-state index contributed by atoms with van der Waals surface area (Å²) in [6.45, 7) is 4.13. The number of carbonyl (C=O) groups is 1. The Bertz CT molecular complexity index is 909. The summed E-state index contributed by atoms with van der Waals surface area (Å²) >= 11 is 1.16. The van der Waals surface area contributed by atoms with E-state index in [2.05, 4.69) is 41.5 Å². The van der Waals surface area contributed by atoms with Gasteiger partial charge in [-0.3, -0.25) is 4.79 Å². The molecule has 0 fully saturated rings. The number of nitrogens with zero attached hydrogens (tertiary/aromatic N) is 2. The van der Waals surface area contributed by atoms with Crippen molar-refractivity contribution in [2.75, 3.05) is 11.1 Å². The number of halogens is 1. The molecule has 3 aromatic rings. The fourth-order valence-electron chi connectivity index (χ4n) is 2.31. The maximum atomic E-state index is 12.8. The van der Waals surface area contributed by atoms with E-state index in [1.807, 2.05) is 6.07 Å². The molecular formula is C19H18FN3O2S. The van der Waals surface area contributed by atoms with Crippen molar-refractivity contribution < 1.29 is 13.6 Å². The van der Waals surface area contributed by atoms with Crippen molar-refractivity contribution in [3.63, 3.8) is 0 Å². The van der Waals surface area contributed by atoms with Crippen LogP contribution in [0.4, 0.5) is 10.1 Å². The molecule has 26 heavy (non-hydrogen) atoms. The lowest BCUT2D eigenvalue weighted by molar-refractivity contribution is -0.113.